The van der Waals surface area contributed by atoms with Crippen LogP contribution in [0.25, 0.3) is 0 Å². The first-order valence-corrected chi connectivity index (χ1v) is 7.00. The molecule has 1 atom stereocenters. The highest BCUT2D eigenvalue weighted by molar-refractivity contribution is 5.73. The molecule has 0 spiro atoms. The molecular weight excluding hydrogens is 268 g/mol. The molecule has 0 radical (unpaired) electrons. The molecule has 0 aliphatic rings. The van der Waals surface area contributed by atoms with Crippen molar-refractivity contribution in [2.45, 2.75) is 39.7 Å². The van der Waals surface area contributed by atoms with Gasteiger partial charge in [-0.1, -0.05) is 37.3 Å². The van der Waals surface area contributed by atoms with Gasteiger partial charge in [0.05, 0.1) is 12.0 Å². The first kappa shape index (κ1) is 15.2. The average Bonchev–Trinajstić information content (AvgIpc) is 2.88. The van der Waals surface area contributed by atoms with E-state index in [9.17, 15) is 9.90 Å². The second-order valence-corrected chi connectivity index (χ2v) is 5.76. The van der Waals surface area contributed by atoms with Crippen LogP contribution >= 0.6 is 0 Å². The van der Waals surface area contributed by atoms with Crippen LogP contribution in [-0.2, 0) is 11.3 Å². The van der Waals surface area contributed by atoms with Crippen molar-refractivity contribution < 1.29 is 9.90 Å². The van der Waals surface area contributed by atoms with Crippen LogP contribution in [0.15, 0.2) is 30.3 Å². The molecule has 21 heavy (non-hydrogen) atoms. The van der Waals surface area contributed by atoms with E-state index in [-0.39, 0.29) is 12.5 Å². The lowest BCUT2D eigenvalue weighted by Gasteiger charge is -2.21. The van der Waals surface area contributed by atoms with Crippen molar-refractivity contribution in [1.82, 2.24) is 20.2 Å². The Morgan fingerprint density at radius 1 is 1.33 bits per heavy atom. The predicted molar refractivity (Wildman–Crippen MR) is 77.8 cm³/mol. The van der Waals surface area contributed by atoms with Crippen LogP contribution in [0.4, 0.5) is 0 Å². The zero-order chi connectivity index (χ0) is 15.5. The molecule has 0 fully saturated rings. The van der Waals surface area contributed by atoms with Crippen LogP contribution in [0.3, 0.4) is 0 Å². The van der Waals surface area contributed by atoms with E-state index in [4.69, 9.17) is 0 Å². The summed E-state index contributed by atoms with van der Waals surface area (Å²) in [6.45, 7) is 5.65. The molecule has 112 valence electrons. The molecule has 2 rings (SSSR count). The van der Waals surface area contributed by atoms with E-state index in [0.717, 1.165) is 12.0 Å². The van der Waals surface area contributed by atoms with E-state index in [0.29, 0.717) is 5.82 Å². The zero-order valence-corrected chi connectivity index (χ0v) is 12.5. The van der Waals surface area contributed by atoms with Gasteiger partial charge in [-0.25, -0.2) is 4.68 Å². The number of benzene rings is 1. The molecule has 1 unspecified atom stereocenters. The Morgan fingerprint density at radius 2 is 2.00 bits per heavy atom. The largest absolute Gasteiger partial charge is 0.481 e. The summed E-state index contributed by atoms with van der Waals surface area (Å²) in [4.78, 5) is 11.3. The number of carboxylic acid groups (broad SMARTS) is 1. The zero-order valence-electron chi connectivity index (χ0n) is 12.5. The average molecular weight is 288 g/mol. The van der Waals surface area contributed by atoms with E-state index in [1.54, 1.807) is 18.5 Å². The van der Waals surface area contributed by atoms with Gasteiger partial charge in [-0.05, 0) is 36.3 Å². The minimum absolute atomic E-state index is 0.0609. The van der Waals surface area contributed by atoms with Gasteiger partial charge in [-0.2, -0.15) is 0 Å². The maximum Gasteiger partial charge on any atom is 0.310 e. The van der Waals surface area contributed by atoms with Gasteiger partial charge in [0.2, 0.25) is 0 Å². The number of tetrazole rings is 1. The lowest BCUT2D eigenvalue weighted by molar-refractivity contribution is -0.147. The quantitative estimate of drug-likeness (QED) is 0.882. The first-order chi connectivity index (χ1) is 9.95. The van der Waals surface area contributed by atoms with E-state index in [1.165, 1.54) is 0 Å². The number of aliphatic carboxylic acids is 1. The van der Waals surface area contributed by atoms with Crippen LogP contribution in [0.5, 0.6) is 0 Å². The van der Waals surface area contributed by atoms with Crippen molar-refractivity contribution in [1.29, 1.82) is 0 Å². The Labute approximate surface area is 123 Å². The summed E-state index contributed by atoms with van der Waals surface area (Å²) >= 11 is 0. The minimum Gasteiger partial charge on any atom is -0.481 e. The Balaban J connectivity index is 2.33. The van der Waals surface area contributed by atoms with Crippen LogP contribution in [0, 0.1) is 5.41 Å². The van der Waals surface area contributed by atoms with E-state index in [2.05, 4.69) is 22.4 Å². The van der Waals surface area contributed by atoms with Crippen molar-refractivity contribution in [3.63, 3.8) is 0 Å². The topological polar surface area (TPSA) is 80.9 Å². The van der Waals surface area contributed by atoms with Crippen LogP contribution in [0.1, 0.15) is 44.5 Å². The van der Waals surface area contributed by atoms with Gasteiger partial charge in [0.25, 0.3) is 0 Å². The number of carbonyl (C=O) groups is 1. The van der Waals surface area contributed by atoms with Gasteiger partial charge >= 0.3 is 5.97 Å². The van der Waals surface area contributed by atoms with Gasteiger partial charge < -0.3 is 5.11 Å². The van der Waals surface area contributed by atoms with Gasteiger partial charge in [-0.15, -0.1) is 5.10 Å². The molecule has 0 aliphatic carbocycles. The van der Waals surface area contributed by atoms with Gasteiger partial charge in [0.1, 0.15) is 0 Å². The monoisotopic (exact) mass is 288 g/mol. The Morgan fingerprint density at radius 3 is 2.57 bits per heavy atom. The Kier molecular flexibility index (Phi) is 4.35. The van der Waals surface area contributed by atoms with Gasteiger partial charge in [-0.3, -0.25) is 4.79 Å². The number of hydrogen-bond acceptors (Lipinski definition) is 4. The third-order valence-electron chi connectivity index (χ3n) is 3.61. The summed E-state index contributed by atoms with van der Waals surface area (Å²) in [5.74, 6) is -0.0967. The van der Waals surface area contributed by atoms with Crippen molar-refractivity contribution in [2.24, 2.45) is 5.41 Å². The molecule has 0 saturated heterocycles. The molecule has 6 heteroatoms. The van der Waals surface area contributed by atoms with E-state index < -0.39 is 11.4 Å². The van der Waals surface area contributed by atoms with Crippen molar-refractivity contribution in [2.75, 3.05) is 0 Å². The lowest BCUT2D eigenvalue weighted by Crippen LogP contribution is -2.31. The smallest absolute Gasteiger partial charge is 0.310 e. The standard InChI is InChI=1S/C15H20N4O2/c1-4-12(11-8-6-5-7-9-11)13-16-17-18-19(13)10-15(2,3)14(20)21/h5-9,12H,4,10H2,1-3H3,(H,20,21). The molecule has 2 aromatic rings. The highest BCUT2D eigenvalue weighted by Crippen LogP contribution is 2.27. The van der Waals surface area contributed by atoms with Crippen LogP contribution in [0.2, 0.25) is 0 Å². The fourth-order valence-electron chi connectivity index (χ4n) is 2.27. The number of rotatable bonds is 6. The maximum atomic E-state index is 11.3. The Hall–Kier alpha value is -2.24. The molecule has 0 bridgehead atoms. The fraction of sp³-hybridized carbons (Fsp3) is 0.467. The predicted octanol–water partition coefficient (Wildman–Crippen LogP) is 2.33. The van der Waals surface area contributed by atoms with Crippen LogP contribution in [-0.4, -0.2) is 31.3 Å². The molecule has 1 aromatic heterocycles. The van der Waals surface area contributed by atoms with Gasteiger partial charge in [0, 0.05) is 5.92 Å². The summed E-state index contributed by atoms with van der Waals surface area (Å²) in [6, 6.07) is 10.00. The second kappa shape index (κ2) is 6.03. The molecule has 1 aromatic carbocycles. The van der Waals surface area contributed by atoms with Gasteiger partial charge in [0.15, 0.2) is 5.82 Å². The fourth-order valence-corrected chi connectivity index (χ4v) is 2.27. The molecule has 6 nitrogen and oxygen atoms in total. The lowest BCUT2D eigenvalue weighted by atomic mass is 9.92. The second-order valence-electron chi connectivity index (χ2n) is 5.76. The Bertz CT molecular complexity index is 607. The normalized spacial score (nSPS) is 13.1. The number of nitrogens with zero attached hydrogens (tertiary/aromatic N) is 4. The summed E-state index contributed by atoms with van der Waals surface area (Å²) in [5.41, 5.74) is 0.211. The highest BCUT2D eigenvalue weighted by atomic mass is 16.4. The van der Waals surface area contributed by atoms with Crippen molar-refractivity contribution in [3.05, 3.63) is 41.7 Å². The molecular formula is C15H20N4O2. The maximum absolute atomic E-state index is 11.3. The minimum atomic E-state index is -0.918. The first-order valence-electron chi connectivity index (χ1n) is 7.00. The van der Waals surface area contributed by atoms with Crippen molar-refractivity contribution in [3.8, 4) is 0 Å². The van der Waals surface area contributed by atoms with Crippen molar-refractivity contribution >= 4 is 5.97 Å². The molecule has 0 amide bonds. The molecule has 1 heterocycles. The molecule has 1 N–H and O–H groups in total. The highest BCUT2D eigenvalue weighted by Gasteiger charge is 2.30. The summed E-state index contributed by atoms with van der Waals surface area (Å²) < 4.78 is 1.61. The molecule has 0 aliphatic heterocycles. The summed E-state index contributed by atoms with van der Waals surface area (Å²) in [7, 11) is 0. The SMILES string of the molecule is CCC(c1ccccc1)c1nnnn1CC(C)(C)C(=O)O. The van der Waals surface area contributed by atoms with Crippen LogP contribution < -0.4 is 0 Å². The number of aromatic nitrogens is 4. The van der Waals surface area contributed by atoms with E-state index >= 15 is 0 Å². The number of hydrogen-bond donors (Lipinski definition) is 1. The number of carboxylic acids is 1. The van der Waals surface area contributed by atoms with E-state index in [1.807, 2.05) is 30.3 Å². The third kappa shape index (κ3) is 3.26. The third-order valence-corrected chi connectivity index (χ3v) is 3.61. The summed E-state index contributed by atoms with van der Waals surface area (Å²) in [5, 5.41) is 21.1. The molecule has 0 saturated carbocycles. The summed E-state index contributed by atoms with van der Waals surface area (Å²) in [6.07, 6.45) is 0.845.